The fourth-order valence-corrected chi connectivity index (χ4v) is 3.47. The Kier molecular flexibility index (Phi) is 5.95. The van der Waals surface area contributed by atoms with Crippen LogP contribution < -0.4 is 0 Å². The number of halogens is 3. The van der Waals surface area contributed by atoms with Crippen LogP contribution in [-0.4, -0.2) is 0 Å². The molecule has 0 saturated carbocycles. The number of unbranched alkanes of at least 4 members (excludes halogenated alkanes) is 1. The van der Waals surface area contributed by atoms with Gasteiger partial charge < -0.3 is 0 Å². The predicted molar refractivity (Wildman–Crippen MR) is 92.3 cm³/mol. The third-order valence-corrected chi connectivity index (χ3v) is 4.91. The van der Waals surface area contributed by atoms with Gasteiger partial charge in [-0.05, 0) is 41.7 Å². The first-order valence-electron chi connectivity index (χ1n) is 6.79. The molecule has 0 aliphatic heterocycles. The zero-order valence-electron chi connectivity index (χ0n) is 11.4. The lowest BCUT2D eigenvalue weighted by Crippen LogP contribution is -1.95. The standard InChI is InChI=1S/C17H17BrCl2/c1-2-3-4-12-5-7-13(8-6-12)17(18)15-10-9-14(19)11-16(15)20/h5-11,17H,2-4H2,1H3. The van der Waals surface area contributed by atoms with E-state index in [1.54, 1.807) is 6.07 Å². The number of hydrogen-bond donors (Lipinski definition) is 0. The van der Waals surface area contributed by atoms with Crippen molar-refractivity contribution >= 4 is 39.1 Å². The Hall–Kier alpha value is -0.500. The summed E-state index contributed by atoms with van der Waals surface area (Å²) in [6, 6.07) is 14.3. The van der Waals surface area contributed by atoms with Crippen molar-refractivity contribution in [3.05, 3.63) is 69.2 Å². The van der Waals surface area contributed by atoms with E-state index in [9.17, 15) is 0 Å². The third kappa shape index (κ3) is 4.00. The van der Waals surface area contributed by atoms with Gasteiger partial charge in [0.25, 0.3) is 0 Å². The van der Waals surface area contributed by atoms with Crippen molar-refractivity contribution in [3.8, 4) is 0 Å². The maximum atomic E-state index is 6.26. The number of rotatable bonds is 5. The minimum Gasteiger partial charge on any atom is -0.0843 e. The Bertz CT molecular complexity index is 564. The van der Waals surface area contributed by atoms with Crippen LogP contribution in [0.15, 0.2) is 42.5 Å². The molecule has 20 heavy (non-hydrogen) atoms. The molecule has 2 rings (SSSR count). The quantitative estimate of drug-likeness (QED) is 0.505. The number of hydrogen-bond acceptors (Lipinski definition) is 0. The van der Waals surface area contributed by atoms with Gasteiger partial charge in [0.2, 0.25) is 0 Å². The van der Waals surface area contributed by atoms with Gasteiger partial charge >= 0.3 is 0 Å². The highest BCUT2D eigenvalue weighted by molar-refractivity contribution is 9.09. The smallest absolute Gasteiger partial charge is 0.0659 e. The minimum absolute atomic E-state index is 0.0903. The summed E-state index contributed by atoms with van der Waals surface area (Å²) in [6.07, 6.45) is 3.61. The monoisotopic (exact) mass is 370 g/mol. The molecule has 3 heteroatoms. The van der Waals surface area contributed by atoms with Crippen LogP contribution in [0.5, 0.6) is 0 Å². The SMILES string of the molecule is CCCCc1ccc(C(Br)c2ccc(Cl)cc2Cl)cc1. The van der Waals surface area contributed by atoms with Crippen LogP contribution >= 0.6 is 39.1 Å². The van der Waals surface area contributed by atoms with Gasteiger partial charge in [-0.1, -0.05) is 82.8 Å². The van der Waals surface area contributed by atoms with Gasteiger partial charge in [0.15, 0.2) is 0 Å². The van der Waals surface area contributed by atoms with Gasteiger partial charge in [-0.15, -0.1) is 0 Å². The van der Waals surface area contributed by atoms with Crippen molar-refractivity contribution in [2.24, 2.45) is 0 Å². The molecule has 1 unspecified atom stereocenters. The zero-order chi connectivity index (χ0) is 14.5. The highest BCUT2D eigenvalue weighted by atomic mass is 79.9. The molecule has 1 atom stereocenters. The number of alkyl halides is 1. The first-order valence-corrected chi connectivity index (χ1v) is 8.47. The molecule has 0 spiro atoms. The van der Waals surface area contributed by atoms with Gasteiger partial charge in [0, 0.05) is 10.0 Å². The van der Waals surface area contributed by atoms with E-state index in [1.165, 1.54) is 24.0 Å². The van der Waals surface area contributed by atoms with E-state index in [-0.39, 0.29) is 4.83 Å². The molecule has 0 bridgehead atoms. The fourth-order valence-electron chi connectivity index (χ4n) is 2.12. The maximum Gasteiger partial charge on any atom is 0.0659 e. The highest BCUT2D eigenvalue weighted by Crippen LogP contribution is 2.36. The van der Waals surface area contributed by atoms with Crippen LogP contribution in [0.3, 0.4) is 0 Å². The third-order valence-electron chi connectivity index (χ3n) is 3.33. The molecule has 0 saturated heterocycles. The van der Waals surface area contributed by atoms with Gasteiger partial charge in [0.1, 0.15) is 0 Å². The summed E-state index contributed by atoms with van der Waals surface area (Å²) >= 11 is 15.9. The molecular weight excluding hydrogens is 355 g/mol. The summed E-state index contributed by atoms with van der Waals surface area (Å²) in [6.45, 7) is 2.21. The molecule has 0 amide bonds. The Morgan fingerprint density at radius 2 is 1.75 bits per heavy atom. The molecule has 0 aliphatic carbocycles. The molecule has 0 aromatic heterocycles. The van der Waals surface area contributed by atoms with Crippen LogP contribution in [0.25, 0.3) is 0 Å². The summed E-state index contributed by atoms with van der Waals surface area (Å²) in [4.78, 5) is 0.0903. The Labute approximate surface area is 139 Å². The van der Waals surface area contributed by atoms with Crippen molar-refractivity contribution < 1.29 is 0 Å². The van der Waals surface area contributed by atoms with Crippen LogP contribution in [0.4, 0.5) is 0 Å². The van der Waals surface area contributed by atoms with Crippen LogP contribution in [0.1, 0.15) is 41.3 Å². The van der Waals surface area contributed by atoms with E-state index < -0.39 is 0 Å². The van der Waals surface area contributed by atoms with E-state index in [0.29, 0.717) is 10.0 Å². The van der Waals surface area contributed by atoms with E-state index >= 15 is 0 Å². The first-order chi connectivity index (χ1) is 9.61. The van der Waals surface area contributed by atoms with Gasteiger partial charge in [-0.2, -0.15) is 0 Å². The fraction of sp³-hybridized carbons (Fsp3) is 0.294. The lowest BCUT2D eigenvalue weighted by atomic mass is 10.0. The molecular formula is C17H17BrCl2. The predicted octanol–water partition coefficient (Wildman–Crippen LogP) is 6.82. The van der Waals surface area contributed by atoms with E-state index in [1.807, 2.05) is 12.1 Å². The molecule has 0 N–H and O–H groups in total. The van der Waals surface area contributed by atoms with Gasteiger partial charge in [-0.25, -0.2) is 0 Å². The zero-order valence-corrected chi connectivity index (χ0v) is 14.5. The normalized spacial score (nSPS) is 12.4. The number of aryl methyl sites for hydroxylation is 1. The number of benzene rings is 2. The van der Waals surface area contributed by atoms with E-state index in [0.717, 1.165) is 12.0 Å². The lowest BCUT2D eigenvalue weighted by molar-refractivity contribution is 0.795. The van der Waals surface area contributed by atoms with Gasteiger partial charge in [0.05, 0.1) is 4.83 Å². The molecule has 0 aliphatic rings. The van der Waals surface area contributed by atoms with Gasteiger partial charge in [-0.3, -0.25) is 0 Å². The molecule has 0 heterocycles. The summed E-state index contributed by atoms with van der Waals surface area (Å²) in [7, 11) is 0. The second-order valence-corrected chi connectivity index (χ2v) is 6.63. The lowest BCUT2D eigenvalue weighted by Gasteiger charge is -2.13. The Balaban J connectivity index is 2.18. The van der Waals surface area contributed by atoms with E-state index in [2.05, 4.69) is 47.1 Å². The molecule has 2 aromatic rings. The minimum atomic E-state index is 0.0903. The van der Waals surface area contributed by atoms with Crippen molar-refractivity contribution in [1.29, 1.82) is 0 Å². The molecule has 106 valence electrons. The largest absolute Gasteiger partial charge is 0.0843 e. The summed E-state index contributed by atoms with van der Waals surface area (Å²) in [5, 5.41) is 1.35. The Morgan fingerprint density at radius 3 is 2.35 bits per heavy atom. The van der Waals surface area contributed by atoms with Crippen LogP contribution in [-0.2, 0) is 6.42 Å². The summed E-state index contributed by atoms with van der Waals surface area (Å²) in [5.41, 5.74) is 3.63. The second kappa shape index (κ2) is 7.49. The van der Waals surface area contributed by atoms with Crippen molar-refractivity contribution in [2.75, 3.05) is 0 Å². The highest BCUT2D eigenvalue weighted by Gasteiger charge is 2.13. The van der Waals surface area contributed by atoms with Crippen LogP contribution in [0.2, 0.25) is 10.0 Å². The average molecular weight is 372 g/mol. The summed E-state index contributed by atoms with van der Waals surface area (Å²) < 4.78 is 0. The molecule has 0 fully saturated rings. The molecule has 0 radical (unpaired) electrons. The van der Waals surface area contributed by atoms with Crippen LogP contribution in [0, 0.1) is 0 Å². The Morgan fingerprint density at radius 1 is 1.05 bits per heavy atom. The van der Waals surface area contributed by atoms with Crippen molar-refractivity contribution in [1.82, 2.24) is 0 Å². The topological polar surface area (TPSA) is 0 Å². The molecule has 2 aromatic carbocycles. The van der Waals surface area contributed by atoms with Crippen molar-refractivity contribution in [3.63, 3.8) is 0 Å². The maximum absolute atomic E-state index is 6.26. The average Bonchev–Trinajstić information content (AvgIpc) is 2.45. The second-order valence-electron chi connectivity index (χ2n) is 4.87. The first kappa shape index (κ1) is 15.9. The molecule has 0 nitrogen and oxygen atoms in total. The van der Waals surface area contributed by atoms with Crippen molar-refractivity contribution in [2.45, 2.75) is 31.0 Å². The van der Waals surface area contributed by atoms with E-state index in [4.69, 9.17) is 23.2 Å². The summed E-state index contributed by atoms with van der Waals surface area (Å²) in [5.74, 6) is 0.